The van der Waals surface area contributed by atoms with Crippen molar-refractivity contribution in [2.24, 2.45) is 4.99 Å². The molecule has 2 rings (SSSR count). The highest BCUT2D eigenvalue weighted by molar-refractivity contribution is 5.80. The number of pyridine rings is 1. The van der Waals surface area contributed by atoms with Crippen LogP contribution >= 0.6 is 0 Å². The number of aliphatic imine (C=N–C) groups is 1. The molecule has 0 atom stereocenters. The molecule has 0 radical (unpaired) electrons. The van der Waals surface area contributed by atoms with Gasteiger partial charge in [0, 0.05) is 45.0 Å². The standard InChI is InChI=1S/C19H32N4O2/c1-4-6-14-25-18-16(8-7-11-21-18)15-22-19(20-3)23-12-9-17(10-13-23)24-5-2/h7-8,11,17H,4-6,9-10,12-15H2,1-3H3,(H,20,22). The van der Waals surface area contributed by atoms with Gasteiger partial charge in [0.05, 0.1) is 12.7 Å². The molecule has 1 N–H and O–H groups in total. The fourth-order valence-electron chi connectivity index (χ4n) is 2.98. The summed E-state index contributed by atoms with van der Waals surface area (Å²) >= 11 is 0. The number of nitrogens with one attached hydrogen (secondary N) is 1. The van der Waals surface area contributed by atoms with Crippen molar-refractivity contribution >= 4 is 5.96 Å². The zero-order valence-electron chi connectivity index (χ0n) is 15.8. The molecular weight excluding hydrogens is 316 g/mol. The Kier molecular flexibility index (Phi) is 8.52. The fourth-order valence-corrected chi connectivity index (χ4v) is 2.98. The zero-order chi connectivity index (χ0) is 17.9. The third kappa shape index (κ3) is 6.20. The number of ether oxygens (including phenoxy) is 2. The zero-order valence-corrected chi connectivity index (χ0v) is 15.8. The van der Waals surface area contributed by atoms with Gasteiger partial charge in [-0.2, -0.15) is 0 Å². The van der Waals surface area contributed by atoms with Gasteiger partial charge >= 0.3 is 0 Å². The summed E-state index contributed by atoms with van der Waals surface area (Å²) in [5.41, 5.74) is 1.06. The second-order valence-corrected chi connectivity index (χ2v) is 6.21. The minimum Gasteiger partial charge on any atom is -0.477 e. The van der Waals surface area contributed by atoms with E-state index in [1.807, 2.05) is 13.1 Å². The van der Waals surface area contributed by atoms with Gasteiger partial charge in [-0.25, -0.2) is 4.98 Å². The lowest BCUT2D eigenvalue weighted by Gasteiger charge is -2.34. The first kappa shape index (κ1) is 19.5. The summed E-state index contributed by atoms with van der Waals surface area (Å²) in [7, 11) is 1.83. The van der Waals surface area contributed by atoms with Crippen molar-refractivity contribution in [3.8, 4) is 5.88 Å². The van der Waals surface area contributed by atoms with Gasteiger partial charge in [0.1, 0.15) is 0 Å². The van der Waals surface area contributed by atoms with Gasteiger partial charge in [0.2, 0.25) is 5.88 Å². The first-order chi connectivity index (χ1) is 12.3. The molecule has 25 heavy (non-hydrogen) atoms. The van der Waals surface area contributed by atoms with Crippen LogP contribution in [0.4, 0.5) is 0 Å². The topological polar surface area (TPSA) is 59.0 Å². The molecule has 0 spiro atoms. The van der Waals surface area contributed by atoms with E-state index in [0.717, 1.165) is 56.9 Å². The van der Waals surface area contributed by atoms with Gasteiger partial charge in [0.15, 0.2) is 5.96 Å². The molecule has 1 aromatic heterocycles. The van der Waals surface area contributed by atoms with Crippen LogP contribution < -0.4 is 10.1 Å². The average Bonchev–Trinajstić information content (AvgIpc) is 2.65. The maximum absolute atomic E-state index is 5.81. The average molecular weight is 348 g/mol. The number of hydrogen-bond acceptors (Lipinski definition) is 4. The largest absolute Gasteiger partial charge is 0.477 e. The molecule has 6 heteroatoms. The maximum atomic E-state index is 5.81. The smallest absolute Gasteiger partial charge is 0.218 e. The van der Waals surface area contributed by atoms with Gasteiger partial charge in [-0.1, -0.05) is 19.4 Å². The molecule has 0 bridgehead atoms. The van der Waals surface area contributed by atoms with E-state index in [4.69, 9.17) is 9.47 Å². The third-order valence-corrected chi connectivity index (χ3v) is 4.38. The van der Waals surface area contributed by atoms with E-state index in [0.29, 0.717) is 25.1 Å². The molecule has 6 nitrogen and oxygen atoms in total. The summed E-state index contributed by atoms with van der Waals surface area (Å²) in [6, 6.07) is 4.00. The SMILES string of the molecule is CCCCOc1ncccc1CNC(=NC)N1CCC(OCC)CC1. The second kappa shape index (κ2) is 10.9. The molecule has 0 amide bonds. The molecule has 1 fully saturated rings. The Morgan fingerprint density at radius 2 is 2.16 bits per heavy atom. The Morgan fingerprint density at radius 1 is 1.36 bits per heavy atom. The van der Waals surface area contributed by atoms with E-state index in [9.17, 15) is 0 Å². The summed E-state index contributed by atoms with van der Waals surface area (Å²) in [6.07, 6.45) is 6.42. The molecule has 0 aliphatic carbocycles. The van der Waals surface area contributed by atoms with Crippen LogP contribution in [0, 0.1) is 0 Å². The number of unbranched alkanes of at least 4 members (excludes halogenated alkanes) is 1. The van der Waals surface area contributed by atoms with Gasteiger partial charge in [-0.15, -0.1) is 0 Å². The molecule has 1 saturated heterocycles. The minimum absolute atomic E-state index is 0.385. The number of guanidine groups is 1. The fraction of sp³-hybridized carbons (Fsp3) is 0.684. The van der Waals surface area contributed by atoms with E-state index in [2.05, 4.69) is 40.1 Å². The number of rotatable bonds is 8. The van der Waals surface area contributed by atoms with Crippen LogP contribution in [0.5, 0.6) is 5.88 Å². The molecule has 1 aliphatic rings. The third-order valence-electron chi connectivity index (χ3n) is 4.38. The van der Waals surface area contributed by atoms with Crippen molar-refractivity contribution in [3.05, 3.63) is 23.9 Å². The number of hydrogen-bond donors (Lipinski definition) is 1. The van der Waals surface area contributed by atoms with Crippen molar-refractivity contribution in [1.82, 2.24) is 15.2 Å². The Morgan fingerprint density at radius 3 is 2.84 bits per heavy atom. The lowest BCUT2D eigenvalue weighted by molar-refractivity contribution is 0.0263. The first-order valence-corrected chi connectivity index (χ1v) is 9.42. The number of nitrogens with zero attached hydrogens (tertiary/aromatic N) is 3. The quantitative estimate of drug-likeness (QED) is 0.445. The number of piperidine rings is 1. The molecular formula is C19H32N4O2. The Balaban J connectivity index is 1.87. The van der Waals surface area contributed by atoms with Crippen molar-refractivity contribution < 1.29 is 9.47 Å². The van der Waals surface area contributed by atoms with Crippen LogP contribution in [0.25, 0.3) is 0 Å². The van der Waals surface area contributed by atoms with Crippen molar-refractivity contribution in [2.75, 3.05) is 33.4 Å². The van der Waals surface area contributed by atoms with Gasteiger partial charge in [-0.05, 0) is 32.3 Å². The minimum atomic E-state index is 0.385. The van der Waals surface area contributed by atoms with Crippen LogP contribution in [0.2, 0.25) is 0 Å². The maximum Gasteiger partial charge on any atom is 0.218 e. The molecule has 0 aromatic carbocycles. The van der Waals surface area contributed by atoms with Crippen LogP contribution in [0.1, 0.15) is 45.1 Å². The lowest BCUT2D eigenvalue weighted by Crippen LogP contribution is -2.46. The van der Waals surface area contributed by atoms with E-state index >= 15 is 0 Å². The summed E-state index contributed by atoms with van der Waals surface area (Å²) < 4.78 is 11.5. The van der Waals surface area contributed by atoms with Crippen LogP contribution in [-0.2, 0) is 11.3 Å². The Labute approximate surface area is 151 Å². The van der Waals surface area contributed by atoms with Gasteiger partial charge < -0.3 is 19.7 Å². The van der Waals surface area contributed by atoms with Crippen LogP contribution in [-0.4, -0.2) is 55.3 Å². The normalized spacial score (nSPS) is 16.1. The lowest BCUT2D eigenvalue weighted by atomic mass is 10.1. The predicted octanol–water partition coefficient (Wildman–Crippen LogP) is 2.84. The van der Waals surface area contributed by atoms with Crippen molar-refractivity contribution in [2.45, 2.75) is 52.2 Å². The number of aromatic nitrogens is 1. The predicted molar refractivity (Wildman–Crippen MR) is 101 cm³/mol. The molecule has 2 heterocycles. The Bertz CT molecular complexity index is 528. The molecule has 1 aromatic rings. The monoisotopic (exact) mass is 348 g/mol. The van der Waals surface area contributed by atoms with E-state index in [1.165, 1.54) is 0 Å². The summed E-state index contributed by atoms with van der Waals surface area (Å²) in [6.45, 7) is 8.31. The molecule has 0 unspecified atom stereocenters. The first-order valence-electron chi connectivity index (χ1n) is 9.42. The Hall–Kier alpha value is -1.82. The molecule has 140 valence electrons. The molecule has 1 aliphatic heterocycles. The highest BCUT2D eigenvalue weighted by atomic mass is 16.5. The van der Waals surface area contributed by atoms with E-state index in [1.54, 1.807) is 6.20 Å². The second-order valence-electron chi connectivity index (χ2n) is 6.21. The van der Waals surface area contributed by atoms with Crippen molar-refractivity contribution in [1.29, 1.82) is 0 Å². The highest BCUT2D eigenvalue weighted by Crippen LogP contribution is 2.16. The van der Waals surface area contributed by atoms with Gasteiger partial charge in [-0.3, -0.25) is 4.99 Å². The highest BCUT2D eigenvalue weighted by Gasteiger charge is 2.21. The van der Waals surface area contributed by atoms with E-state index in [-0.39, 0.29) is 0 Å². The van der Waals surface area contributed by atoms with Crippen LogP contribution in [0.3, 0.4) is 0 Å². The van der Waals surface area contributed by atoms with Gasteiger partial charge in [0.25, 0.3) is 0 Å². The summed E-state index contributed by atoms with van der Waals surface area (Å²) in [5.74, 6) is 1.65. The summed E-state index contributed by atoms with van der Waals surface area (Å²) in [4.78, 5) is 11.1. The summed E-state index contributed by atoms with van der Waals surface area (Å²) in [5, 5.41) is 3.45. The molecule has 0 saturated carbocycles. The number of likely N-dealkylation sites (tertiary alicyclic amines) is 1. The van der Waals surface area contributed by atoms with Crippen molar-refractivity contribution in [3.63, 3.8) is 0 Å². The van der Waals surface area contributed by atoms with E-state index < -0.39 is 0 Å². The van der Waals surface area contributed by atoms with Crippen LogP contribution in [0.15, 0.2) is 23.3 Å².